The van der Waals surface area contributed by atoms with E-state index >= 15 is 0 Å². The molecule has 1 amide bonds. The zero-order valence-corrected chi connectivity index (χ0v) is 16.9. The van der Waals surface area contributed by atoms with Crippen LogP contribution in [0, 0.1) is 10.1 Å². The number of nitrogens with zero attached hydrogens (tertiary/aromatic N) is 4. The summed E-state index contributed by atoms with van der Waals surface area (Å²) in [4.78, 5) is 29.4. The Hall–Kier alpha value is -3.75. The summed E-state index contributed by atoms with van der Waals surface area (Å²) in [6, 6.07) is 12.9. The molecule has 1 aromatic heterocycles. The molecule has 9 heteroatoms. The van der Waals surface area contributed by atoms with Gasteiger partial charge >= 0.3 is 0 Å². The topological polar surface area (TPSA) is 112 Å². The number of aromatic nitrogens is 2. The highest BCUT2D eigenvalue weighted by molar-refractivity contribution is 5.94. The van der Waals surface area contributed by atoms with Gasteiger partial charge in [-0.2, -0.15) is 4.98 Å². The summed E-state index contributed by atoms with van der Waals surface area (Å²) in [5.41, 5.74) is 1.01. The molecular formula is C21H22N4O5. The lowest BCUT2D eigenvalue weighted by atomic mass is 10.1. The molecule has 0 unspecified atom stereocenters. The van der Waals surface area contributed by atoms with Crippen LogP contribution in [0.1, 0.15) is 30.1 Å². The minimum Gasteiger partial charge on any atom is -0.497 e. The molecule has 0 spiro atoms. The molecule has 9 nitrogen and oxygen atoms in total. The first kappa shape index (κ1) is 21.0. The third kappa shape index (κ3) is 4.80. The molecule has 0 atom stereocenters. The molecular weight excluding hydrogens is 388 g/mol. The number of carbonyl (C=O) groups excluding carboxylic acids is 1. The molecule has 0 aliphatic heterocycles. The average Bonchev–Trinajstić information content (AvgIpc) is 3.22. The fraction of sp³-hybridized carbons (Fsp3) is 0.286. The second-order valence-electron chi connectivity index (χ2n) is 6.89. The van der Waals surface area contributed by atoms with Gasteiger partial charge in [0.05, 0.1) is 12.0 Å². The molecule has 0 radical (unpaired) electrons. The summed E-state index contributed by atoms with van der Waals surface area (Å²) >= 11 is 0. The lowest BCUT2D eigenvalue weighted by Gasteiger charge is -2.26. The van der Waals surface area contributed by atoms with E-state index in [0.29, 0.717) is 35.7 Å². The molecule has 0 saturated carbocycles. The minimum atomic E-state index is -0.476. The number of methoxy groups -OCH3 is 1. The van der Waals surface area contributed by atoms with Crippen LogP contribution in [0.5, 0.6) is 5.75 Å². The monoisotopic (exact) mass is 410 g/mol. The van der Waals surface area contributed by atoms with Crippen molar-refractivity contribution in [2.45, 2.75) is 26.3 Å². The summed E-state index contributed by atoms with van der Waals surface area (Å²) in [7, 11) is 1.57. The van der Waals surface area contributed by atoms with E-state index in [0.717, 1.165) is 0 Å². The fourth-order valence-electron chi connectivity index (χ4n) is 2.94. The smallest absolute Gasteiger partial charge is 0.270 e. The van der Waals surface area contributed by atoms with Gasteiger partial charge in [0.15, 0.2) is 0 Å². The molecule has 2 aromatic carbocycles. The van der Waals surface area contributed by atoms with Crippen LogP contribution in [-0.4, -0.2) is 45.6 Å². The van der Waals surface area contributed by atoms with Gasteiger partial charge in [-0.15, -0.1) is 0 Å². The van der Waals surface area contributed by atoms with E-state index < -0.39 is 4.92 Å². The van der Waals surface area contributed by atoms with Crippen LogP contribution in [0.15, 0.2) is 53.1 Å². The van der Waals surface area contributed by atoms with Gasteiger partial charge in [-0.25, -0.2) is 0 Å². The summed E-state index contributed by atoms with van der Waals surface area (Å²) < 4.78 is 10.4. The van der Waals surface area contributed by atoms with E-state index in [9.17, 15) is 14.9 Å². The first-order valence-corrected chi connectivity index (χ1v) is 9.41. The highest BCUT2D eigenvalue weighted by atomic mass is 16.6. The van der Waals surface area contributed by atoms with E-state index in [1.165, 1.54) is 12.1 Å². The van der Waals surface area contributed by atoms with Crippen molar-refractivity contribution in [2.24, 2.45) is 0 Å². The van der Waals surface area contributed by atoms with E-state index in [2.05, 4.69) is 10.1 Å². The number of rotatable bonds is 8. The number of hydrogen-bond acceptors (Lipinski definition) is 7. The Labute approximate surface area is 173 Å². The van der Waals surface area contributed by atoms with Crippen LogP contribution in [0.25, 0.3) is 11.4 Å². The van der Waals surface area contributed by atoms with Crippen molar-refractivity contribution >= 4 is 11.6 Å². The number of benzene rings is 2. The second kappa shape index (κ2) is 9.17. The van der Waals surface area contributed by atoms with E-state index in [4.69, 9.17) is 9.26 Å². The van der Waals surface area contributed by atoms with Gasteiger partial charge in [-0.1, -0.05) is 17.3 Å². The Morgan fingerprint density at radius 3 is 2.60 bits per heavy atom. The zero-order valence-electron chi connectivity index (χ0n) is 16.9. The number of amides is 1. The first-order valence-electron chi connectivity index (χ1n) is 9.41. The summed E-state index contributed by atoms with van der Waals surface area (Å²) in [6.07, 6.45) is 0.363. The first-order chi connectivity index (χ1) is 14.4. The van der Waals surface area contributed by atoms with Crippen molar-refractivity contribution in [1.29, 1.82) is 0 Å². The van der Waals surface area contributed by atoms with Gasteiger partial charge in [0.25, 0.3) is 11.6 Å². The Bertz CT molecular complexity index is 1030. The third-order valence-corrected chi connectivity index (χ3v) is 4.57. The van der Waals surface area contributed by atoms with Crippen LogP contribution >= 0.6 is 0 Å². The van der Waals surface area contributed by atoms with E-state index in [-0.39, 0.29) is 23.5 Å². The predicted molar refractivity (Wildman–Crippen MR) is 109 cm³/mol. The Kier molecular flexibility index (Phi) is 6.41. The number of non-ortho nitro benzene ring substituents is 1. The van der Waals surface area contributed by atoms with Gasteiger partial charge < -0.3 is 14.2 Å². The molecule has 0 saturated heterocycles. The SMILES string of the molecule is COc1ccc(C(=O)N(CCc2nc(-c3cccc([N+](=O)[O-])c3)no2)C(C)C)cc1. The minimum absolute atomic E-state index is 0.0289. The van der Waals surface area contributed by atoms with Crippen LogP contribution < -0.4 is 4.74 Å². The van der Waals surface area contributed by atoms with Gasteiger partial charge in [-0.3, -0.25) is 14.9 Å². The Balaban J connectivity index is 1.70. The Morgan fingerprint density at radius 2 is 1.97 bits per heavy atom. The number of hydrogen-bond donors (Lipinski definition) is 0. The van der Waals surface area contributed by atoms with Crippen LogP contribution in [0.4, 0.5) is 5.69 Å². The summed E-state index contributed by atoms with van der Waals surface area (Å²) in [6.45, 7) is 4.26. The number of carbonyl (C=O) groups is 1. The highest BCUT2D eigenvalue weighted by Crippen LogP contribution is 2.22. The van der Waals surface area contributed by atoms with Gasteiger partial charge in [0, 0.05) is 42.3 Å². The number of nitro groups is 1. The molecule has 156 valence electrons. The molecule has 3 aromatic rings. The largest absolute Gasteiger partial charge is 0.497 e. The molecule has 30 heavy (non-hydrogen) atoms. The maximum absolute atomic E-state index is 12.9. The van der Waals surface area contributed by atoms with Crippen molar-refractivity contribution in [1.82, 2.24) is 15.0 Å². The normalized spacial score (nSPS) is 10.8. The second-order valence-corrected chi connectivity index (χ2v) is 6.89. The molecule has 0 aliphatic rings. The molecule has 0 N–H and O–H groups in total. The molecule has 3 rings (SSSR count). The van der Waals surface area contributed by atoms with E-state index in [1.807, 2.05) is 13.8 Å². The molecule has 1 heterocycles. The van der Waals surface area contributed by atoms with Crippen molar-refractivity contribution in [3.05, 3.63) is 70.1 Å². The lowest BCUT2D eigenvalue weighted by molar-refractivity contribution is -0.384. The lowest BCUT2D eigenvalue weighted by Crippen LogP contribution is -2.38. The Morgan fingerprint density at radius 1 is 1.23 bits per heavy atom. The summed E-state index contributed by atoms with van der Waals surface area (Å²) in [5, 5.41) is 14.9. The third-order valence-electron chi connectivity index (χ3n) is 4.57. The van der Waals surface area contributed by atoms with Crippen molar-refractivity contribution in [2.75, 3.05) is 13.7 Å². The fourth-order valence-corrected chi connectivity index (χ4v) is 2.94. The van der Waals surface area contributed by atoms with Gasteiger partial charge in [0.2, 0.25) is 11.7 Å². The standard InChI is InChI=1S/C21H22N4O5/c1-14(2)24(21(26)15-7-9-18(29-3)10-8-15)12-11-19-22-20(23-30-19)16-5-4-6-17(13-16)25(27)28/h4-10,13-14H,11-12H2,1-3H3. The average molecular weight is 410 g/mol. The van der Waals surface area contributed by atoms with Crippen molar-refractivity contribution in [3.63, 3.8) is 0 Å². The van der Waals surface area contributed by atoms with Crippen LogP contribution in [0.3, 0.4) is 0 Å². The van der Waals surface area contributed by atoms with Crippen LogP contribution in [-0.2, 0) is 6.42 Å². The quantitative estimate of drug-likeness (QED) is 0.411. The zero-order chi connectivity index (χ0) is 21.7. The van der Waals surface area contributed by atoms with Gasteiger partial charge in [0.1, 0.15) is 5.75 Å². The van der Waals surface area contributed by atoms with Gasteiger partial charge in [-0.05, 0) is 38.1 Å². The molecule has 0 aliphatic carbocycles. The molecule has 0 fully saturated rings. The molecule has 0 bridgehead atoms. The number of nitro benzene ring substituents is 1. The number of ether oxygens (including phenoxy) is 1. The van der Waals surface area contributed by atoms with E-state index in [1.54, 1.807) is 48.4 Å². The highest BCUT2D eigenvalue weighted by Gasteiger charge is 2.20. The van der Waals surface area contributed by atoms with Crippen molar-refractivity contribution in [3.8, 4) is 17.1 Å². The maximum Gasteiger partial charge on any atom is 0.270 e. The van der Waals surface area contributed by atoms with Crippen molar-refractivity contribution < 1.29 is 19.0 Å². The maximum atomic E-state index is 12.9. The summed E-state index contributed by atoms with van der Waals surface area (Å²) in [5.74, 6) is 1.20. The predicted octanol–water partition coefficient (Wildman–Crippen LogP) is 3.75. The van der Waals surface area contributed by atoms with Crippen LogP contribution in [0.2, 0.25) is 0 Å².